The quantitative estimate of drug-likeness (QED) is 0.636. The van der Waals surface area contributed by atoms with Crippen molar-refractivity contribution in [2.75, 3.05) is 11.1 Å². The molecule has 0 aliphatic rings. The van der Waals surface area contributed by atoms with E-state index in [-0.39, 0.29) is 16.4 Å². The fraction of sp³-hybridized carbons (Fsp3) is 0. The number of hydrogen-bond acceptors (Lipinski definition) is 3. The number of rotatable bonds is 2. The van der Waals surface area contributed by atoms with Gasteiger partial charge in [0.15, 0.2) is 11.5 Å². The third-order valence-electron chi connectivity index (χ3n) is 3.00. The minimum Gasteiger partial charge on any atom is -0.399 e. The van der Waals surface area contributed by atoms with Gasteiger partial charge in [-0.3, -0.25) is 9.89 Å². The zero-order valence-corrected chi connectivity index (χ0v) is 11.4. The standard InChI is InChI=1S/C14H10ClFN4O/c15-9-2-1-3-11(12(9)16)18-14(21)13-8-6-7(17)4-5-10(8)19-20-13/h1-6H,17H2,(H,18,21)(H,19,20). The summed E-state index contributed by atoms with van der Waals surface area (Å²) in [6.07, 6.45) is 0. The number of halogens is 2. The molecule has 1 amide bonds. The van der Waals surface area contributed by atoms with Crippen molar-refractivity contribution in [3.05, 3.63) is 52.9 Å². The van der Waals surface area contributed by atoms with E-state index >= 15 is 0 Å². The maximum Gasteiger partial charge on any atom is 0.276 e. The van der Waals surface area contributed by atoms with E-state index in [1.807, 2.05) is 0 Å². The lowest BCUT2D eigenvalue weighted by Crippen LogP contribution is -2.14. The number of aromatic amines is 1. The van der Waals surface area contributed by atoms with Gasteiger partial charge in [0.25, 0.3) is 5.91 Å². The molecule has 0 unspecified atom stereocenters. The highest BCUT2D eigenvalue weighted by Gasteiger charge is 2.16. The molecule has 0 spiro atoms. The molecule has 0 aliphatic heterocycles. The molecule has 21 heavy (non-hydrogen) atoms. The Balaban J connectivity index is 1.97. The lowest BCUT2D eigenvalue weighted by atomic mass is 10.2. The van der Waals surface area contributed by atoms with Crippen molar-refractivity contribution < 1.29 is 9.18 Å². The zero-order valence-electron chi connectivity index (χ0n) is 10.7. The van der Waals surface area contributed by atoms with Crippen molar-refractivity contribution in [2.24, 2.45) is 0 Å². The van der Waals surface area contributed by atoms with Crippen LogP contribution in [0, 0.1) is 5.82 Å². The van der Waals surface area contributed by atoms with Crippen LogP contribution in [-0.2, 0) is 0 Å². The Bertz CT molecular complexity index is 846. The number of nitrogens with zero attached hydrogens (tertiary/aromatic N) is 1. The predicted molar refractivity (Wildman–Crippen MR) is 79.9 cm³/mol. The SMILES string of the molecule is Nc1ccc2[nH]nc(C(=O)Nc3cccc(Cl)c3F)c2c1. The van der Waals surface area contributed by atoms with E-state index in [9.17, 15) is 9.18 Å². The molecule has 0 bridgehead atoms. The molecule has 0 atom stereocenters. The lowest BCUT2D eigenvalue weighted by molar-refractivity contribution is 0.102. The molecule has 4 N–H and O–H groups in total. The van der Waals surface area contributed by atoms with Crippen LogP contribution in [0.2, 0.25) is 5.02 Å². The Hall–Kier alpha value is -2.60. The summed E-state index contributed by atoms with van der Waals surface area (Å²) in [6, 6.07) is 9.40. The van der Waals surface area contributed by atoms with E-state index < -0.39 is 11.7 Å². The smallest absolute Gasteiger partial charge is 0.276 e. The van der Waals surface area contributed by atoms with Crippen LogP contribution in [0.25, 0.3) is 10.9 Å². The predicted octanol–water partition coefficient (Wildman–Crippen LogP) is 3.19. The van der Waals surface area contributed by atoms with Gasteiger partial charge in [-0.15, -0.1) is 0 Å². The molecule has 3 aromatic rings. The number of hydrogen-bond donors (Lipinski definition) is 3. The van der Waals surface area contributed by atoms with Gasteiger partial charge in [-0.2, -0.15) is 5.10 Å². The molecule has 3 rings (SSSR count). The number of carbonyl (C=O) groups excluding carboxylic acids is 1. The van der Waals surface area contributed by atoms with Crippen LogP contribution in [0.4, 0.5) is 15.8 Å². The first-order valence-corrected chi connectivity index (χ1v) is 6.43. The topological polar surface area (TPSA) is 83.8 Å². The second-order valence-electron chi connectivity index (χ2n) is 4.43. The van der Waals surface area contributed by atoms with Crippen LogP contribution < -0.4 is 11.1 Å². The van der Waals surface area contributed by atoms with Crippen molar-refractivity contribution in [3.8, 4) is 0 Å². The molecule has 0 fully saturated rings. The van der Waals surface area contributed by atoms with Gasteiger partial charge in [0.05, 0.1) is 16.2 Å². The average molecular weight is 305 g/mol. The average Bonchev–Trinajstić information content (AvgIpc) is 2.87. The van der Waals surface area contributed by atoms with Gasteiger partial charge >= 0.3 is 0 Å². The van der Waals surface area contributed by atoms with E-state index in [1.165, 1.54) is 12.1 Å². The Morgan fingerprint density at radius 1 is 1.33 bits per heavy atom. The van der Waals surface area contributed by atoms with Crippen molar-refractivity contribution in [1.29, 1.82) is 0 Å². The molecule has 0 saturated carbocycles. The van der Waals surface area contributed by atoms with Crippen LogP contribution in [0.15, 0.2) is 36.4 Å². The normalized spacial score (nSPS) is 10.8. The molecule has 1 aromatic heterocycles. The highest BCUT2D eigenvalue weighted by Crippen LogP contribution is 2.24. The summed E-state index contributed by atoms with van der Waals surface area (Å²) in [5.41, 5.74) is 7.00. The summed E-state index contributed by atoms with van der Waals surface area (Å²) in [5.74, 6) is -1.24. The molecule has 0 radical (unpaired) electrons. The third-order valence-corrected chi connectivity index (χ3v) is 3.29. The van der Waals surface area contributed by atoms with Gasteiger partial charge in [0.1, 0.15) is 0 Å². The molecular weight excluding hydrogens is 295 g/mol. The summed E-state index contributed by atoms with van der Waals surface area (Å²) in [5, 5.41) is 9.60. The number of fused-ring (bicyclic) bond motifs is 1. The maximum atomic E-state index is 13.8. The van der Waals surface area contributed by atoms with Crippen LogP contribution in [0.5, 0.6) is 0 Å². The summed E-state index contributed by atoms with van der Waals surface area (Å²) in [6.45, 7) is 0. The molecule has 0 saturated heterocycles. The number of aromatic nitrogens is 2. The summed E-state index contributed by atoms with van der Waals surface area (Å²) < 4.78 is 13.8. The van der Waals surface area contributed by atoms with Gasteiger partial charge in [0.2, 0.25) is 0 Å². The fourth-order valence-corrected chi connectivity index (χ4v) is 2.16. The van der Waals surface area contributed by atoms with Gasteiger partial charge in [-0.1, -0.05) is 17.7 Å². The maximum absolute atomic E-state index is 13.8. The summed E-state index contributed by atoms with van der Waals surface area (Å²) in [4.78, 5) is 12.2. The van der Waals surface area contributed by atoms with Crippen LogP contribution in [0.3, 0.4) is 0 Å². The highest BCUT2D eigenvalue weighted by molar-refractivity contribution is 6.31. The van der Waals surface area contributed by atoms with E-state index in [0.717, 1.165) is 0 Å². The van der Waals surface area contributed by atoms with E-state index in [0.29, 0.717) is 16.6 Å². The molecular formula is C14H10ClFN4O. The Labute approximate surface area is 123 Å². The van der Waals surface area contributed by atoms with Crippen molar-refractivity contribution in [2.45, 2.75) is 0 Å². The van der Waals surface area contributed by atoms with Gasteiger partial charge in [0, 0.05) is 11.1 Å². The van der Waals surface area contributed by atoms with E-state index in [2.05, 4.69) is 15.5 Å². The number of nitrogen functional groups attached to an aromatic ring is 1. The van der Waals surface area contributed by atoms with Gasteiger partial charge < -0.3 is 11.1 Å². The number of carbonyl (C=O) groups is 1. The highest BCUT2D eigenvalue weighted by atomic mass is 35.5. The molecule has 1 heterocycles. The molecule has 2 aromatic carbocycles. The molecule has 106 valence electrons. The number of benzene rings is 2. The van der Waals surface area contributed by atoms with Crippen molar-refractivity contribution in [1.82, 2.24) is 10.2 Å². The fourth-order valence-electron chi connectivity index (χ4n) is 1.99. The first kappa shape index (κ1) is 13.4. The number of nitrogens with two attached hydrogens (primary N) is 1. The number of anilines is 2. The third kappa shape index (κ3) is 2.41. The Kier molecular flexibility index (Phi) is 3.23. The van der Waals surface area contributed by atoms with Crippen molar-refractivity contribution in [3.63, 3.8) is 0 Å². The molecule has 5 nitrogen and oxygen atoms in total. The zero-order chi connectivity index (χ0) is 15.0. The first-order chi connectivity index (χ1) is 10.1. The minimum atomic E-state index is -0.688. The van der Waals surface area contributed by atoms with E-state index in [4.69, 9.17) is 17.3 Å². The summed E-state index contributed by atoms with van der Waals surface area (Å²) >= 11 is 5.67. The van der Waals surface area contributed by atoms with Gasteiger partial charge in [-0.25, -0.2) is 4.39 Å². The monoisotopic (exact) mass is 304 g/mol. The molecule has 0 aliphatic carbocycles. The second kappa shape index (κ2) is 5.06. The number of amides is 1. The Morgan fingerprint density at radius 2 is 2.14 bits per heavy atom. The second-order valence-corrected chi connectivity index (χ2v) is 4.84. The first-order valence-electron chi connectivity index (χ1n) is 6.05. The molecule has 7 heteroatoms. The largest absolute Gasteiger partial charge is 0.399 e. The van der Waals surface area contributed by atoms with E-state index in [1.54, 1.807) is 24.3 Å². The lowest BCUT2D eigenvalue weighted by Gasteiger charge is -2.06. The minimum absolute atomic E-state index is 0.00690. The van der Waals surface area contributed by atoms with Crippen LogP contribution >= 0.6 is 11.6 Å². The Morgan fingerprint density at radius 3 is 2.95 bits per heavy atom. The van der Waals surface area contributed by atoms with Gasteiger partial charge in [-0.05, 0) is 30.3 Å². The van der Waals surface area contributed by atoms with Crippen LogP contribution in [0.1, 0.15) is 10.5 Å². The number of H-pyrrole nitrogens is 1. The van der Waals surface area contributed by atoms with Crippen molar-refractivity contribution >= 4 is 39.8 Å². The van der Waals surface area contributed by atoms with Crippen LogP contribution in [-0.4, -0.2) is 16.1 Å². The summed E-state index contributed by atoms with van der Waals surface area (Å²) in [7, 11) is 0. The number of nitrogens with one attached hydrogen (secondary N) is 2.